The third-order valence-corrected chi connectivity index (χ3v) is 1.65. The fourth-order valence-corrected chi connectivity index (χ4v) is 1.02. The number of benzene rings is 1. The highest BCUT2D eigenvalue weighted by atomic mass is 19.3. The summed E-state index contributed by atoms with van der Waals surface area (Å²) in [6, 6.07) is 4.54. The van der Waals surface area contributed by atoms with Gasteiger partial charge in [-0.05, 0) is 18.2 Å². The molecule has 0 fully saturated rings. The minimum absolute atomic E-state index is 0.0933. The molecule has 14 heavy (non-hydrogen) atoms. The predicted molar refractivity (Wildman–Crippen MR) is 49.7 cm³/mol. The van der Waals surface area contributed by atoms with Gasteiger partial charge in [0.2, 0.25) is 0 Å². The number of rotatable bonds is 4. The highest BCUT2D eigenvalue weighted by Crippen LogP contribution is 2.26. The minimum Gasteiger partial charge on any atom is -0.497 e. The second-order valence-corrected chi connectivity index (χ2v) is 2.49. The molecule has 76 valence electrons. The lowest BCUT2D eigenvalue weighted by Gasteiger charge is -2.09. The molecule has 2 nitrogen and oxygen atoms in total. The zero-order chi connectivity index (χ0) is 10.6. The van der Waals surface area contributed by atoms with Gasteiger partial charge in [-0.1, -0.05) is 12.7 Å². The summed E-state index contributed by atoms with van der Waals surface area (Å²) in [5.41, 5.74) is 0.477. The summed E-state index contributed by atoms with van der Waals surface area (Å²) in [4.78, 5) is 0. The van der Waals surface area contributed by atoms with Crippen molar-refractivity contribution >= 4 is 6.08 Å². The molecule has 0 saturated heterocycles. The Morgan fingerprint density at radius 2 is 2.14 bits per heavy atom. The smallest absolute Gasteiger partial charge is 0.387 e. The van der Waals surface area contributed by atoms with Gasteiger partial charge in [-0.25, -0.2) is 0 Å². The van der Waals surface area contributed by atoms with Crippen molar-refractivity contribution in [3.8, 4) is 11.5 Å². The van der Waals surface area contributed by atoms with E-state index in [0.29, 0.717) is 11.3 Å². The van der Waals surface area contributed by atoms with Gasteiger partial charge in [-0.15, -0.1) is 0 Å². The summed E-state index contributed by atoms with van der Waals surface area (Å²) in [6.45, 7) is 0.662. The number of hydrogen-bond donors (Lipinski definition) is 0. The Labute approximate surface area is 80.8 Å². The van der Waals surface area contributed by atoms with Crippen molar-refractivity contribution in [2.45, 2.75) is 6.61 Å². The van der Waals surface area contributed by atoms with Crippen LogP contribution in [0.5, 0.6) is 11.5 Å². The first-order valence-electron chi connectivity index (χ1n) is 3.92. The summed E-state index contributed by atoms with van der Waals surface area (Å²) in [5.74, 6) is 0.664. The summed E-state index contributed by atoms with van der Waals surface area (Å²) >= 11 is 0. The molecule has 1 aromatic carbocycles. The van der Waals surface area contributed by atoms with E-state index in [1.165, 1.54) is 19.3 Å². The lowest BCUT2D eigenvalue weighted by atomic mass is 10.2. The second kappa shape index (κ2) is 4.60. The molecule has 0 radical (unpaired) electrons. The normalized spacial score (nSPS) is 10.0. The number of halogens is 2. The second-order valence-electron chi connectivity index (χ2n) is 2.49. The molecule has 1 aromatic rings. The number of methoxy groups -OCH3 is 1. The lowest BCUT2D eigenvalue weighted by Crippen LogP contribution is -2.03. The van der Waals surface area contributed by atoms with Crippen LogP contribution in [-0.4, -0.2) is 13.7 Å². The highest BCUT2D eigenvalue weighted by Gasteiger charge is 2.08. The maximum atomic E-state index is 11.9. The molecule has 0 heterocycles. The molecule has 0 aliphatic heterocycles. The fraction of sp³-hybridized carbons (Fsp3) is 0.200. The lowest BCUT2D eigenvalue weighted by molar-refractivity contribution is -0.0500. The Morgan fingerprint density at radius 3 is 2.64 bits per heavy atom. The molecular formula is C10H10F2O2. The number of ether oxygens (including phenoxy) is 2. The van der Waals surface area contributed by atoms with Crippen LogP contribution >= 0.6 is 0 Å². The van der Waals surface area contributed by atoms with Crippen molar-refractivity contribution in [1.29, 1.82) is 0 Å². The van der Waals surface area contributed by atoms with Crippen LogP contribution in [0, 0.1) is 0 Å². The first-order chi connectivity index (χ1) is 6.67. The van der Waals surface area contributed by atoms with Gasteiger partial charge >= 0.3 is 6.61 Å². The minimum atomic E-state index is -2.83. The molecule has 0 N–H and O–H groups in total. The van der Waals surface area contributed by atoms with E-state index in [2.05, 4.69) is 11.3 Å². The van der Waals surface area contributed by atoms with Gasteiger partial charge in [0.15, 0.2) is 0 Å². The SMILES string of the molecule is C=Cc1cc(OC)ccc1OC(F)F. The molecule has 0 aliphatic rings. The van der Waals surface area contributed by atoms with Gasteiger partial charge in [-0.3, -0.25) is 0 Å². The van der Waals surface area contributed by atoms with Gasteiger partial charge in [0.25, 0.3) is 0 Å². The van der Waals surface area contributed by atoms with Crippen LogP contribution in [0.1, 0.15) is 5.56 Å². The molecule has 0 spiro atoms. The quantitative estimate of drug-likeness (QED) is 0.743. The van der Waals surface area contributed by atoms with Crippen LogP contribution in [0.25, 0.3) is 6.08 Å². The van der Waals surface area contributed by atoms with Crippen LogP contribution in [0.2, 0.25) is 0 Å². The summed E-state index contributed by atoms with van der Waals surface area (Å²) in [7, 11) is 1.50. The Balaban J connectivity index is 2.99. The molecule has 0 aliphatic carbocycles. The number of hydrogen-bond acceptors (Lipinski definition) is 2. The molecule has 0 atom stereocenters. The Kier molecular flexibility index (Phi) is 3.45. The van der Waals surface area contributed by atoms with Crippen molar-refractivity contribution in [3.05, 3.63) is 30.3 Å². The largest absolute Gasteiger partial charge is 0.497 e. The average molecular weight is 200 g/mol. The van der Waals surface area contributed by atoms with Crippen LogP contribution in [0.4, 0.5) is 8.78 Å². The van der Waals surface area contributed by atoms with E-state index < -0.39 is 6.61 Å². The van der Waals surface area contributed by atoms with Crippen LogP contribution in [-0.2, 0) is 0 Å². The van der Waals surface area contributed by atoms with Gasteiger partial charge in [0.1, 0.15) is 11.5 Å². The van der Waals surface area contributed by atoms with E-state index in [9.17, 15) is 8.78 Å². The fourth-order valence-electron chi connectivity index (χ4n) is 1.02. The van der Waals surface area contributed by atoms with Crippen molar-refractivity contribution in [3.63, 3.8) is 0 Å². The maximum Gasteiger partial charge on any atom is 0.387 e. The van der Waals surface area contributed by atoms with Gasteiger partial charge < -0.3 is 9.47 Å². The Hall–Kier alpha value is -1.58. The van der Waals surface area contributed by atoms with Gasteiger partial charge in [-0.2, -0.15) is 8.78 Å². The van der Waals surface area contributed by atoms with E-state index in [-0.39, 0.29) is 5.75 Å². The first kappa shape index (κ1) is 10.5. The summed E-state index contributed by atoms with van der Waals surface area (Å²) in [6.07, 6.45) is 1.43. The average Bonchev–Trinajstić information content (AvgIpc) is 2.17. The van der Waals surface area contributed by atoms with Crippen LogP contribution in [0.3, 0.4) is 0 Å². The zero-order valence-electron chi connectivity index (χ0n) is 7.67. The van der Waals surface area contributed by atoms with E-state index in [4.69, 9.17) is 4.74 Å². The molecular weight excluding hydrogens is 190 g/mol. The summed E-state index contributed by atoms with van der Waals surface area (Å²) in [5, 5.41) is 0. The van der Waals surface area contributed by atoms with Crippen molar-refractivity contribution in [2.75, 3.05) is 7.11 Å². The van der Waals surface area contributed by atoms with Crippen molar-refractivity contribution in [2.24, 2.45) is 0 Å². The van der Waals surface area contributed by atoms with E-state index in [1.807, 2.05) is 0 Å². The molecule has 0 unspecified atom stereocenters. The van der Waals surface area contributed by atoms with Crippen LogP contribution < -0.4 is 9.47 Å². The molecule has 0 saturated carbocycles. The van der Waals surface area contributed by atoms with E-state index in [1.54, 1.807) is 12.1 Å². The molecule has 0 amide bonds. The molecule has 4 heteroatoms. The predicted octanol–water partition coefficient (Wildman–Crippen LogP) is 2.94. The monoisotopic (exact) mass is 200 g/mol. The third kappa shape index (κ3) is 2.45. The van der Waals surface area contributed by atoms with Gasteiger partial charge in [0.05, 0.1) is 7.11 Å². The molecule has 0 bridgehead atoms. The van der Waals surface area contributed by atoms with E-state index in [0.717, 1.165) is 0 Å². The Bertz CT molecular complexity index is 324. The first-order valence-corrected chi connectivity index (χ1v) is 3.92. The molecule has 1 rings (SSSR count). The molecule has 0 aromatic heterocycles. The highest BCUT2D eigenvalue weighted by molar-refractivity contribution is 5.58. The zero-order valence-corrected chi connectivity index (χ0v) is 7.67. The third-order valence-electron chi connectivity index (χ3n) is 1.65. The standard InChI is InChI=1S/C10H10F2O2/c1-3-7-6-8(13-2)4-5-9(7)14-10(11)12/h3-6,10H,1H2,2H3. The Morgan fingerprint density at radius 1 is 1.43 bits per heavy atom. The maximum absolute atomic E-state index is 11.9. The van der Waals surface area contributed by atoms with E-state index >= 15 is 0 Å². The van der Waals surface area contributed by atoms with Crippen LogP contribution in [0.15, 0.2) is 24.8 Å². The topological polar surface area (TPSA) is 18.5 Å². The summed E-state index contributed by atoms with van der Waals surface area (Å²) < 4.78 is 33.1. The van der Waals surface area contributed by atoms with Gasteiger partial charge in [0, 0.05) is 5.56 Å². The van der Waals surface area contributed by atoms with Crippen molar-refractivity contribution < 1.29 is 18.3 Å². The number of alkyl halides is 2. The van der Waals surface area contributed by atoms with Crippen molar-refractivity contribution in [1.82, 2.24) is 0 Å².